The van der Waals surface area contributed by atoms with Crippen molar-refractivity contribution < 1.29 is 9.59 Å². The third-order valence-electron chi connectivity index (χ3n) is 5.28. The van der Waals surface area contributed by atoms with Crippen LogP contribution in [0.2, 0.25) is 5.02 Å². The van der Waals surface area contributed by atoms with Crippen LogP contribution in [0.3, 0.4) is 0 Å². The van der Waals surface area contributed by atoms with Gasteiger partial charge in [0.15, 0.2) is 0 Å². The van der Waals surface area contributed by atoms with Crippen molar-refractivity contribution >= 4 is 34.3 Å². The lowest BCUT2D eigenvalue weighted by molar-refractivity contribution is 0.0533. The Morgan fingerprint density at radius 3 is 2.21 bits per heavy atom. The molecule has 0 saturated carbocycles. The van der Waals surface area contributed by atoms with Gasteiger partial charge in [0.2, 0.25) is 0 Å². The Labute approximate surface area is 168 Å². The molecule has 1 aliphatic rings. The Kier molecular flexibility index (Phi) is 5.09. The van der Waals surface area contributed by atoms with Crippen LogP contribution >= 0.6 is 11.6 Å². The Morgan fingerprint density at radius 2 is 1.57 bits per heavy atom. The molecule has 4 rings (SSSR count). The summed E-state index contributed by atoms with van der Waals surface area (Å²) >= 11 is 6.02. The van der Waals surface area contributed by atoms with Gasteiger partial charge in [0.1, 0.15) is 5.69 Å². The zero-order valence-corrected chi connectivity index (χ0v) is 16.5. The second-order valence-electron chi connectivity index (χ2n) is 7.05. The highest BCUT2D eigenvalue weighted by atomic mass is 35.5. The summed E-state index contributed by atoms with van der Waals surface area (Å²) in [4.78, 5) is 32.3. The highest BCUT2D eigenvalue weighted by molar-refractivity contribution is 6.31. The van der Waals surface area contributed by atoms with E-state index in [9.17, 15) is 9.59 Å². The molecule has 2 aromatic carbocycles. The maximum atomic E-state index is 12.8. The van der Waals surface area contributed by atoms with Crippen LogP contribution in [0.25, 0.3) is 10.9 Å². The van der Waals surface area contributed by atoms with Crippen LogP contribution < -0.4 is 0 Å². The summed E-state index contributed by atoms with van der Waals surface area (Å²) in [7, 11) is 0. The van der Waals surface area contributed by atoms with E-state index < -0.39 is 0 Å². The van der Waals surface area contributed by atoms with E-state index in [1.54, 1.807) is 11.0 Å². The van der Waals surface area contributed by atoms with Gasteiger partial charge in [0, 0.05) is 47.7 Å². The monoisotopic (exact) mass is 395 g/mol. The summed E-state index contributed by atoms with van der Waals surface area (Å²) in [6, 6.07) is 15.1. The van der Waals surface area contributed by atoms with Crippen molar-refractivity contribution in [3.05, 3.63) is 70.4 Å². The van der Waals surface area contributed by atoms with Gasteiger partial charge in [-0.1, -0.05) is 30.7 Å². The molecule has 6 heteroatoms. The Balaban J connectivity index is 1.41. The van der Waals surface area contributed by atoms with Crippen molar-refractivity contribution in [1.29, 1.82) is 0 Å². The average molecular weight is 396 g/mol. The molecule has 0 atom stereocenters. The van der Waals surface area contributed by atoms with Gasteiger partial charge in [0.05, 0.1) is 0 Å². The second kappa shape index (κ2) is 7.68. The van der Waals surface area contributed by atoms with Gasteiger partial charge in [-0.25, -0.2) is 0 Å². The third kappa shape index (κ3) is 3.62. The van der Waals surface area contributed by atoms with Crippen molar-refractivity contribution in [2.75, 3.05) is 26.2 Å². The lowest BCUT2D eigenvalue weighted by atomic mass is 10.1. The molecule has 0 spiro atoms. The van der Waals surface area contributed by atoms with Crippen molar-refractivity contribution in [1.82, 2.24) is 14.8 Å². The van der Waals surface area contributed by atoms with Gasteiger partial charge in [-0.05, 0) is 48.4 Å². The number of piperazine rings is 1. The normalized spacial score (nSPS) is 14.5. The number of nitrogens with zero attached hydrogens (tertiary/aromatic N) is 2. The van der Waals surface area contributed by atoms with Gasteiger partial charge in [-0.3, -0.25) is 9.59 Å². The van der Waals surface area contributed by atoms with Crippen molar-refractivity contribution in [3.8, 4) is 0 Å². The Bertz CT molecular complexity index is 1020. The van der Waals surface area contributed by atoms with Gasteiger partial charge >= 0.3 is 0 Å². The lowest BCUT2D eigenvalue weighted by Crippen LogP contribution is -2.50. The summed E-state index contributed by atoms with van der Waals surface area (Å²) in [6.45, 7) is 4.20. The second-order valence-corrected chi connectivity index (χ2v) is 7.49. The van der Waals surface area contributed by atoms with Crippen LogP contribution in [0.4, 0.5) is 0 Å². The summed E-state index contributed by atoms with van der Waals surface area (Å²) in [5.74, 6) is -0.0262. The number of benzene rings is 2. The summed E-state index contributed by atoms with van der Waals surface area (Å²) in [5, 5.41) is 1.56. The van der Waals surface area contributed by atoms with Crippen LogP contribution in [0.15, 0.2) is 48.5 Å². The number of aryl methyl sites for hydroxylation is 1. The molecule has 0 aliphatic carbocycles. The maximum absolute atomic E-state index is 12.8. The van der Waals surface area contributed by atoms with Crippen LogP contribution in [-0.4, -0.2) is 52.8 Å². The minimum absolute atomic E-state index is 0.0232. The van der Waals surface area contributed by atoms with Crippen LogP contribution in [0.1, 0.15) is 33.3 Å². The third-order valence-corrected chi connectivity index (χ3v) is 5.51. The molecule has 1 aromatic heterocycles. The van der Waals surface area contributed by atoms with E-state index in [0.717, 1.165) is 17.3 Å². The first-order valence-electron chi connectivity index (χ1n) is 9.51. The fourth-order valence-corrected chi connectivity index (χ4v) is 3.75. The molecule has 0 radical (unpaired) electrons. The van der Waals surface area contributed by atoms with E-state index in [1.165, 1.54) is 5.56 Å². The maximum Gasteiger partial charge on any atom is 0.270 e. The molecule has 28 heavy (non-hydrogen) atoms. The Hall–Kier alpha value is -2.79. The number of rotatable bonds is 3. The van der Waals surface area contributed by atoms with Gasteiger partial charge < -0.3 is 14.8 Å². The molecular weight excluding hydrogens is 374 g/mol. The summed E-state index contributed by atoms with van der Waals surface area (Å²) in [6.07, 6.45) is 0.954. The van der Waals surface area contributed by atoms with E-state index in [1.807, 2.05) is 47.4 Å². The standard InChI is InChI=1S/C22H22ClN3O2/c1-2-15-3-5-16(6-4-15)21(27)25-9-11-26(12-10-25)22(28)20-14-17-13-18(23)7-8-19(17)24-20/h3-8,13-14,24H,2,9-12H2,1H3. The van der Waals surface area contributed by atoms with Gasteiger partial charge in [-0.2, -0.15) is 0 Å². The molecule has 0 bridgehead atoms. The zero-order valence-electron chi connectivity index (χ0n) is 15.7. The fourth-order valence-electron chi connectivity index (χ4n) is 3.57. The van der Waals surface area contributed by atoms with E-state index in [2.05, 4.69) is 11.9 Å². The number of amides is 2. The fraction of sp³-hybridized carbons (Fsp3) is 0.273. The van der Waals surface area contributed by atoms with Gasteiger partial charge in [0.25, 0.3) is 11.8 Å². The van der Waals surface area contributed by atoms with Crippen molar-refractivity contribution in [2.45, 2.75) is 13.3 Å². The minimum atomic E-state index is -0.0493. The first-order chi connectivity index (χ1) is 13.5. The van der Waals surface area contributed by atoms with Crippen LogP contribution in [-0.2, 0) is 6.42 Å². The molecule has 1 N–H and O–H groups in total. The summed E-state index contributed by atoms with van der Waals surface area (Å²) < 4.78 is 0. The van der Waals surface area contributed by atoms with E-state index in [-0.39, 0.29) is 11.8 Å². The van der Waals surface area contributed by atoms with E-state index in [0.29, 0.717) is 42.5 Å². The Morgan fingerprint density at radius 1 is 0.929 bits per heavy atom. The predicted molar refractivity (Wildman–Crippen MR) is 111 cm³/mol. The minimum Gasteiger partial charge on any atom is -0.351 e. The molecule has 3 aromatic rings. The molecule has 1 aliphatic heterocycles. The van der Waals surface area contributed by atoms with Gasteiger partial charge in [-0.15, -0.1) is 0 Å². The highest BCUT2D eigenvalue weighted by Gasteiger charge is 2.26. The number of hydrogen-bond acceptors (Lipinski definition) is 2. The first-order valence-corrected chi connectivity index (χ1v) is 9.88. The molecule has 1 fully saturated rings. The topological polar surface area (TPSA) is 56.4 Å². The van der Waals surface area contributed by atoms with Crippen molar-refractivity contribution in [2.24, 2.45) is 0 Å². The number of fused-ring (bicyclic) bond motifs is 1. The zero-order chi connectivity index (χ0) is 19.7. The molecule has 144 valence electrons. The first kappa shape index (κ1) is 18.6. The smallest absolute Gasteiger partial charge is 0.270 e. The van der Waals surface area contributed by atoms with Crippen LogP contribution in [0, 0.1) is 0 Å². The van der Waals surface area contributed by atoms with Crippen molar-refractivity contribution in [3.63, 3.8) is 0 Å². The molecular formula is C22H22ClN3O2. The number of aromatic amines is 1. The number of nitrogens with one attached hydrogen (secondary N) is 1. The molecule has 5 nitrogen and oxygen atoms in total. The number of carbonyl (C=O) groups is 2. The quantitative estimate of drug-likeness (QED) is 0.729. The average Bonchev–Trinajstić information content (AvgIpc) is 3.16. The van der Waals surface area contributed by atoms with Crippen LogP contribution in [0.5, 0.6) is 0 Å². The number of halogens is 1. The SMILES string of the molecule is CCc1ccc(C(=O)N2CCN(C(=O)c3cc4cc(Cl)ccc4[nH]3)CC2)cc1. The molecule has 2 amide bonds. The number of hydrogen-bond donors (Lipinski definition) is 1. The number of carbonyl (C=O) groups excluding carboxylic acids is 2. The lowest BCUT2D eigenvalue weighted by Gasteiger charge is -2.34. The largest absolute Gasteiger partial charge is 0.351 e. The van der Waals surface area contributed by atoms with E-state index >= 15 is 0 Å². The molecule has 1 saturated heterocycles. The van der Waals surface area contributed by atoms with E-state index in [4.69, 9.17) is 11.6 Å². The summed E-state index contributed by atoms with van der Waals surface area (Å²) in [5.41, 5.74) is 3.35. The number of H-pyrrole nitrogens is 1. The highest BCUT2D eigenvalue weighted by Crippen LogP contribution is 2.21. The number of aromatic nitrogens is 1. The predicted octanol–water partition coefficient (Wildman–Crippen LogP) is 3.98. The molecule has 0 unspecified atom stereocenters. The molecule has 2 heterocycles.